The zero-order valence-corrected chi connectivity index (χ0v) is 21.2. The predicted molar refractivity (Wildman–Crippen MR) is 136 cm³/mol. The Morgan fingerprint density at radius 3 is 2.41 bits per heavy atom. The molecule has 3 aromatic carbocycles. The van der Waals surface area contributed by atoms with E-state index >= 15 is 0 Å². The third-order valence-electron chi connectivity index (χ3n) is 6.21. The van der Waals surface area contributed by atoms with E-state index in [0.717, 1.165) is 17.5 Å². The summed E-state index contributed by atoms with van der Waals surface area (Å²) in [6.45, 7) is 3.69. The first-order valence-electron chi connectivity index (χ1n) is 11.6. The van der Waals surface area contributed by atoms with Gasteiger partial charge in [-0.2, -0.15) is 26.3 Å². The molecule has 0 saturated heterocycles. The summed E-state index contributed by atoms with van der Waals surface area (Å²) in [5.41, 5.74) is 0.220. The summed E-state index contributed by atoms with van der Waals surface area (Å²) in [6.07, 6.45) is -8.94. The Labute approximate surface area is 224 Å². The molecule has 0 spiro atoms. The highest BCUT2D eigenvalue weighted by Gasteiger charge is 2.40. The molecule has 0 saturated carbocycles. The van der Waals surface area contributed by atoms with Crippen LogP contribution in [0.3, 0.4) is 0 Å². The highest BCUT2D eigenvalue weighted by atomic mass is 35.5. The van der Waals surface area contributed by atoms with Crippen LogP contribution in [0.25, 0.3) is 16.5 Å². The number of fused-ring (bicyclic) bond motifs is 1. The SMILES string of the molecule is C=C(NCC(=O)NCC(F)(F)F)c1ccc(C2=NO[C@](C)(c3cc(Cl)cc(C(F)(F)F)c3)C2)c2ccccc12. The average Bonchev–Trinajstić information content (AvgIpc) is 3.27. The highest BCUT2D eigenvalue weighted by molar-refractivity contribution is 6.30. The number of oxime groups is 1. The lowest BCUT2D eigenvalue weighted by molar-refractivity contribution is -0.137. The maximum Gasteiger partial charge on any atom is 0.416 e. The van der Waals surface area contributed by atoms with Gasteiger partial charge in [-0.1, -0.05) is 59.7 Å². The Balaban J connectivity index is 1.56. The highest BCUT2D eigenvalue weighted by Crippen LogP contribution is 2.41. The first-order valence-corrected chi connectivity index (χ1v) is 12.0. The van der Waals surface area contributed by atoms with Crippen LogP contribution in [0.2, 0.25) is 5.02 Å². The average molecular weight is 570 g/mol. The second kappa shape index (κ2) is 10.4. The minimum atomic E-state index is -4.58. The number of hydrogen-bond acceptors (Lipinski definition) is 4. The summed E-state index contributed by atoms with van der Waals surface area (Å²) in [7, 11) is 0. The Morgan fingerprint density at radius 2 is 1.74 bits per heavy atom. The molecule has 0 aliphatic carbocycles. The quantitative estimate of drug-likeness (QED) is 0.308. The molecule has 1 aliphatic rings. The van der Waals surface area contributed by atoms with Crippen molar-refractivity contribution in [1.82, 2.24) is 10.6 Å². The fraction of sp³-hybridized carbons (Fsp3) is 0.259. The van der Waals surface area contributed by atoms with Crippen LogP contribution in [0, 0.1) is 0 Å². The van der Waals surface area contributed by atoms with Crippen molar-refractivity contribution in [3.8, 4) is 0 Å². The number of alkyl halides is 6. The number of rotatable bonds is 7. The minimum Gasteiger partial charge on any atom is -0.384 e. The molecule has 0 unspecified atom stereocenters. The zero-order valence-electron chi connectivity index (χ0n) is 20.4. The molecule has 4 rings (SSSR count). The third-order valence-corrected chi connectivity index (χ3v) is 6.42. The van der Waals surface area contributed by atoms with Crippen molar-refractivity contribution in [2.75, 3.05) is 13.1 Å². The van der Waals surface area contributed by atoms with Crippen molar-refractivity contribution in [2.24, 2.45) is 5.16 Å². The van der Waals surface area contributed by atoms with Crippen molar-refractivity contribution in [1.29, 1.82) is 0 Å². The second-order valence-electron chi connectivity index (χ2n) is 9.19. The Morgan fingerprint density at radius 1 is 1.05 bits per heavy atom. The number of amides is 1. The standard InChI is InChI=1S/C27H22ClF6N3O2/c1-15(35-13-24(38)36-14-26(29,30)31)19-7-8-22(21-6-4-3-5-20(19)21)23-12-25(2,39-37-23)16-9-17(27(32,33)34)11-18(28)10-16/h3-11,35H,1,12-14H2,2H3,(H,36,38)/t25-/m0/s1. The normalized spacial score (nSPS) is 17.5. The molecule has 2 N–H and O–H groups in total. The van der Waals surface area contributed by atoms with Gasteiger partial charge in [0.15, 0.2) is 5.60 Å². The van der Waals surface area contributed by atoms with Gasteiger partial charge in [-0.05, 0) is 35.9 Å². The number of halogens is 7. The molecule has 1 amide bonds. The molecular weight excluding hydrogens is 548 g/mol. The molecule has 0 radical (unpaired) electrons. The van der Waals surface area contributed by atoms with Crippen molar-refractivity contribution in [2.45, 2.75) is 31.3 Å². The summed E-state index contributed by atoms with van der Waals surface area (Å²) in [6, 6.07) is 13.9. The molecular formula is C27H22ClF6N3O2. The molecule has 0 aromatic heterocycles. The van der Waals surface area contributed by atoms with E-state index in [-0.39, 0.29) is 17.0 Å². The van der Waals surface area contributed by atoms with Gasteiger partial charge < -0.3 is 15.5 Å². The number of nitrogens with one attached hydrogen (secondary N) is 2. The lowest BCUT2D eigenvalue weighted by Gasteiger charge is -2.23. The largest absolute Gasteiger partial charge is 0.416 e. The van der Waals surface area contributed by atoms with Gasteiger partial charge in [0.1, 0.15) is 6.54 Å². The summed E-state index contributed by atoms with van der Waals surface area (Å²) >= 11 is 5.98. The van der Waals surface area contributed by atoms with E-state index in [9.17, 15) is 31.1 Å². The summed E-state index contributed by atoms with van der Waals surface area (Å²) < 4.78 is 77.0. The fourth-order valence-electron chi connectivity index (χ4n) is 4.26. The number of carbonyl (C=O) groups is 1. The van der Waals surface area contributed by atoms with Gasteiger partial charge in [0.2, 0.25) is 5.91 Å². The van der Waals surface area contributed by atoms with Crippen LogP contribution in [0.5, 0.6) is 0 Å². The maximum atomic E-state index is 13.4. The van der Waals surface area contributed by atoms with Crippen LogP contribution >= 0.6 is 11.6 Å². The third kappa shape index (κ3) is 6.47. The van der Waals surface area contributed by atoms with E-state index in [1.165, 1.54) is 6.07 Å². The van der Waals surface area contributed by atoms with Crippen LogP contribution in [0.15, 0.2) is 66.3 Å². The lowest BCUT2D eigenvalue weighted by atomic mass is 9.86. The number of hydrogen-bond donors (Lipinski definition) is 2. The maximum absolute atomic E-state index is 13.4. The molecule has 5 nitrogen and oxygen atoms in total. The predicted octanol–water partition coefficient (Wildman–Crippen LogP) is 6.79. The van der Waals surface area contributed by atoms with E-state index in [1.54, 1.807) is 42.6 Å². The van der Waals surface area contributed by atoms with E-state index < -0.39 is 42.5 Å². The van der Waals surface area contributed by atoms with E-state index in [4.69, 9.17) is 16.4 Å². The van der Waals surface area contributed by atoms with Crippen LogP contribution in [-0.2, 0) is 21.4 Å². The molecule has 39 heavy (non-hydrogen) atoms. The zero-order chi connectivity index (χ0) is 28.6. The topological polar surface area (TPSA) is 62.7 Å². The molecule has 12 heteroatoms. The van der Waals surface area contributed by atoms with Gasteiger partial charge in [0.25, 0.3) is 0 Å². The van der Waals surface area contributed by atoms with Crippen LogP contribution in [0.1, 0.15) is 35.6 Å². The fourth-order valence-corrected chi connectivity index (χ4v) is 4.49. The number of carbonyl (C=O) groups excluding carboxylic acids is 1. The molecule has 206 valence electrons. The molecule has 3 aromatic rings. The van der Waals surface area contributed by atoms with Gasteiger partial charge in [0.05, 0.1) is 17.8 Å². The molecule has 0 fully saturated rings. The lowest BCUT2D eigenvalue weighted by Crippen LogP contribution is -2.38. The Bertz CT molecular complexity index is 1470. The van der Waals surface area contributed by atoms with Gasteiger partial charge >= 0.3 is 12.4 Å². The first kappa shape index (κ1) is 28.3. The van der Waals surface area contributed by atoms with E-state index in [1.807, 2.05) is 6.07 Å². The second-order valence-corrected chi connectivity index (χ2v) is 9.63. The van der Waals surface area contributed by atoms with Gasteiger partial charge in [0, 0.05) is 33.8 Å². The van der Waals surface area contributed by atoms with Crippen molar-refractivity contribution < 1.29 is 36.0 Å². The van der Waals surface area contributed by atoms with Crippen LogP contribution < -0.4 is 10.6 Å². The van der Waals surface area contributed by atoms with Crippen LogP contribution in [-0.4, -0.2) is 30.9 Å². The van der Waals surface area contributed by atoms with Crippen molar-refractivity contribution in [3.63, 3.8) is 0 Å². The number of nitrogens with zero attached hydrogens (tertiary/aromatic N) is 1. The van der Waals surface area contributed by atoms with Gasteiger partial charge in [-0.15, -0.1) is 0 Å². The summed E-state index contributed by atoms with van der Waals surface area (Å²) in [5, 5.41) is 10.1. The molecule has 0 bridgehead atoms. The summed E-state index contributed by atoms with van der Waals surface area (Å²) in [5.74, 6) is -0.846. The Kier molecular flexibility index (Phi) is 7.57. The van der Waals surface area contributed by atoms with E-state index in [0.29, 0.717) is 27.9 Å². The summed E-state index contributed by atoms with van der Waals surface area (Å²) in [4.78, 5) is 17.4. The molecule has 1 aliphatic heterocycles. The smallest absolute Gasteiger partial charge is 0.384 e. The monoisotopic (exact) mass is 569 g/mol. The van der Waals surface area contributed by atoms with Gasteiger partial charge in [-0.25, -0.2) is 0 Å². The van der Waals surface area contributed by atoms with Crippen LogP contribution in [0.4, 0.5) is 26.3 Å². The number of benzene rings is 3. The van der Waals surface area contributed by atoms with Gasteiger partial charge in [-0.3, -0.25) is 4.79 Å². The minimum absolute atomic E-state index is 0.0778. The van der Waals surface area contributed by atoms with Crippen molar-refractivity contribution in [3.05, 3.63) is 88.5 Å². The molecule has 1 atom stereocenters. The Hall–Kier alpha value is -3.73. The van der Waals surface area contributed by atoms with Crippen molar-refractivity contribution >= 4 is 39.7 Å². The molecule has 1 heterocycles. The first-order chi connectivity index (χ1) is 18.2. The van der Waals surface area contributed by atoms with E-state index in [2.05, 4.69) is 17.1 Å².